The summed E-state index contributed by atoms with van der Waals surface area (Å²) in [4.78, 5) is 24.7. The Balaban J connectivity index is 1.57. The zero-order valence-corrected chi connectivity index (χ0v) is 20.1. The molecule has 0 aliphatic heterocycles. The van der Waals surface area contributed by atoms with Gasteiger partial charge in [0.05, 0.1) is 29.8 Å². The maximum atomic E-state index is 12.0. The number of carbonyl (C=O) groups excluding carboxylic acids is 1. The molecule has 0 unspecified atom stereocenters. The number of carbonyl (C=O) groups is 1. The van der Waals surface area contributed by atoms with Gasteiger partial charge in [-0.25, -0.2) is 0 Å². The van der Waals surface area contributed by atoms with Crippen LogP contribution in [0.5, 0.6) is 11.6 Å². The number of aromatic amines is 1. The van der Waals surface area contributed by atoms with Crippen LogP contribution in [0.4, 0.5) is 11.6 Å². The number of nitrogens with one attached hydrogen (secondary N) is 3. The van der Waals surface area contributed by atoms with E-state index in [4.69, 9.17) is 14.5 Å². The molecule has 0 radical (unpaired) electrons. The molecule has 1 aliphatic rings. The molecule has 2 aromatic carbocycles. The molecule has 5 rings (SSSR count). The molecule has 3 N–H and O–H groups in total. The largest absolute Gasteiger partial charge is 0.495 e. The molecule has 2 heterocycles. The van der Waals surface area contributed by atoms with Crippen molar-refractivity contribution in [3.63, 3.8) is 0 Å². The Morgan fingerprint density at radius 3 is 2.75 bits per heavy atom. The van der Waals surface area contributed by atoms with E-state index in [-0.39, 0.29) is 12.0 Å². The van der Waals surface area contributed by atoms with Crippen molar-refractivity contribution in [2.45, 2.75) is 31.8 Å². The van der Waals surface area contributed by atoms with Gasteiger partial charge in [-0.1, -0.05) is 12.1 Å². The van der Waals surface area contributed by atoms with Crippen LogP contribution in [-0.2, 0) is 0 Å². The van der Waals surface area contributed by atoms with Crippen molar-refractivity contribution in [2.24, 2.45) is 0 Å². The summed E-state index contributed by atoms with van der Waals surface area (Å²) in [7, 11) is 3.12. The summed E-state index contributed by atoms with van der Waals surface area (Å²) in [6.07, 6.45) is 6.16. The minimum atomic E-state index is -0.204. The molecule has 4 aromatic rings. The van der Waals surface area contributed by atoms with Gasteiger partial charge in [0.15, 0.2) is 0 Å². The van der Waals surface area contributed by atoms with Gasteiger partial charge < -0.3 is 25.1 Å². The number of hydrogen-bond donors (Lipinski definition) is 3. The lowest BCUT2D eigenvalue weighted by Crippen LogP contribution is -2.17. The van der Waals surface area contributed by atoms with Crippen LogP contribution in [0.15, 0.2) is 48.7 Å². The Hall–Kier alpha value is -4.58. The van der Waals surface area contributed by atoms with Crippen LogP contribution < -0.4 is 20.1 Å². The van der Waals surface area contributed by atoms with E-state index in [1.54, 1.807) is 38.4 Å². The number of amides is 1. The van der Waals surface area contributed by atoms with E-state index in [1.807, 2.05) is 24.4 Å². The smallest absolute Gasteiger partial charge is 0.251 e. The fraction of sp³-hybridized carbons (Fsp3) is 0.259. The summed E-state index contributed by atoms with van der Waals surface area (Å²) >= 11 is 0. The highest BCUT2D eigenvalue weighted by atomic mass is 16.5. The van der Waals surface area contributed by atoms with Crippen LogP contribution in [-0.4, -0.2) is 41.1 Å². The highest BCUT2D eigenvalue weighted by molar-refractivity contribution is 5.98. The first-order valence-corrected chi connectivity index (χ1v) is 11.8. The second-order valence-corrected chi connectivity index (χ2v) is 8.61. The van der Waals surface area contributed by atoms with Crippen LogP contribution in [0.3, 0.4) is 0 Å². The number of H-pyrrole nitrogens is 1. The molecule has 0 spiro atoms. The topological polar surface area (TPSA) is 125 Å². The third-order valence-electron chi connectivity index (χ3n) is 6.32. The monoisotopic (exact) mass is 482 g/mol. The van der Waals surface area contributed by atoms with Crippen molar-refractivity contribution < 1.29 is 14.3 Å². The maximum Gasteiger partial charge on any atom is 0.251 e. The van der Waals surface area contributed by atoms with Gasteiger partial charge >= 0.3 is 0 Å². The number of aromatic nitrogens is 3. The highest BCUT2D eigenvalue weighted by Crippen LogP contribution is 2.37. The van der Waals surface area contributed by atoms with E-state index in [1.165, 1.54) is 0 Å². The van der Waals surface area contributed by atoms with Gasteiger partial charge in [-0.15, -0.1) is 0 Å². The van der Waals surface area contributed by atoms with E-state index in [0.29, 0.717) is 40.0 Å². The lowest BCUT2D eigenvalue weighted by Gasteiger charge is -2.16. The number of ether oxygens (including phenoxy) is 2. The molecule has 2 aromatic heterocycles. The van der Waals surface area contributed by atoms with Crippen molar-refractivity contribution >= 4 is 28.6 Å². The number of hydrogen-bond acceptors (Lipinski definition) is 7. The molecular weight excluding hydrogens is 456 g/mol. The van der Waals surface area contributed by atoms with E-state index in [9.17, 15) is 10.1 Å². The van der Waals surface area contributed by atoms with Crippen LogP contribution in [0.2, 0.25) is 0 Å². The highest BCUT2D eigenvalue weighted by Gasteiger charge is 2.23. The first-order chi connectivity index (χ1) is 17.6. The summed E-state index contributed by atoms with van der Waals surface area (Å²) < 4.78 is 11.9. The van der Waals surface area contributed by atoms with Gasteiger partial charge in [0.2, 0.25) is 11.8 Å². The molecule has 1 aliphatic carbocycles. The Bertz CT molecular complexity index is 1470. The summed E-state index contributed by atoms with van der Waals surface area (Å²) in [5.41, 5.74) is 4.03. The Kier molecular flexibility index (Phi) is 6.41. The molecule has 1 fully saturated rings. The number of nitrogens with zero attached hydrogens (tertiary/aromatic N) is 3. The molecule has 9 nitrogen and oxygen atoms in total. The standard InChI is InChI=1S/C27H26N6O3/c1-29-25(34)18-10-11-21(22(13-18)35-2)31-27-32-24-23(26(33-27)36-19-8-3-4-9-19)20(15-30-24)17-7-5-6-16(12-17)14-28/h5-7,10-13,15,19H,3-4,8-9H2,1-2H3,(H,29,34)(H2,30,31,32,33). The Morgan fingerprint density at radius 2 is 2.00 bits per heavy atom. The normalized spacial score (nSPS) is 13.4. The molecule has 0 saturated heterocycles. The lowest BCUT2D eigenvalue weighted by molar-refractivity contribution is 0.0962. The first-order valence-electron chi connectivity index (χ1n) is 11.8. The number of benzene rings is 2. The van der Waals surface area contributed by atoms with Gasteiger partial charge in [0.1, 0.15) is 17.5 Å². The first kappa shape index (κ1) is 23.2. The summed E-state index contributed by atoms with van der Waals surface area (Å²) in [5, 5.41) is 15.9. The quantitative estimate of drug-likeness (QED) is 0.341. The Labute approximate surface area is 208 Å². The van der Waals surface area contributed by atoms with Gasteiger partial charge in [0, 0.05) is 24.4 Å². The number of fused-ring (bicyclic) bond motifs is 1. The van der Waals surface area contributed by atoms with E-state index in [0.717, 1.165) is 42.2 Å². The van der Waals surface area contributed by atoms with Crippen LogP contribution in [0.25, 0.3) is 22.2 Å². The zero-order chi connectivity index (χ0) is 25.1. The van der Waals surface area contributed by atoms with E-state index < -0.39 is 0 Å². The summed E-state index contributed by atoms with van der Waals surface area (Å²) in [5.74, 6) is 1.09. The average molecular weight is 483 g/mol. The predicted molar refractivity (Wildman–Crippen MR) is 137 cm³/mol. The van der Waals surface area contributed by atoms with Gasteiger partial charge in [-0.2, -0.15) is 15.2 Å². The zero-order valence-electron chi connectivity index (χ0n) is 20.1. The number of rotatable bonds is 7. The molecule has 1 amide bonds. The van der Waals surface area contributed by atoms with E-state index in [2.05, 4.69) is 26.7 Å². The fourth-order valence-corrected chi connectivity index (χ4v) is 4.49. The molecular formula is C27H26N6O3. The van der Waals surface area contributed by atoms with E-state index >= 15 is 0 Å². The van der Waals surface area contributed by atoms with Crippen molar-refractivity contribution in [2.75, 3.05) is 19.5 Å². The summed E-state index contributed by atoms with van der Waals surface area (Å²) in [6, 6.07) is 14.7. The molecule has 36 heavy (non-hydrogen) atoms. The third-order valence-corrected chi connectivity index (χ3v) is 6.32. The number of methoxy groups -OCH3 is 1. The third kappa shape index (κ3) is 4.53. The maximum absolute atomic E-state index is 12.0. The summed E-state index contributed by atoms with van der Waals surface area (Å²) in [6.45, 7) is 0. The van der Waals surface area contributed by atoms with Crippen LogP contribution >= 0.6 is 0 Å². The second-order valence-electron chi connectivity index (χ2n) is 8.61. The fourth-order valence-electron chi connectivity index (χ4n) is 4.49. The minimum absolute atomic E-state index is 0.0884. The minimum Gasteiger partial charge on any atom is -0.495 e. The molecule has 9 heteroatoms. The van der Waals surface area contributed by atoms with Crippen LogP contribution in [0.1, 0.15) is 41.6 Å². The van der Waals surface area contributed by atoms with Crippen LogP contribution in [0, 0.1) is 11.3 Å². The lowest BCUT2D eigenvalue weighted by atomic mass is 10.0. The Morgan fingerprint density at radius 1 is 1.17 bits per heavy atom. The molecule has 0 atom stereocenters. The predicted octanol–water partition coefficient (Wildman–Crippen LogP) is 4.93. The number of nitriles is 1. The van der Waals surface area contributed by atoms with Gasteiger partial charge in [-0.05, 0) is 61.6 Å². The van der Waals surface area contributed by atoms with Gasteiger partial charge in [-0.3, -0.25) is 4.79 Å². The SMILES string of the molecule is CNC(=O)c1ccc(Nc2nc(OC3CCCC3)c3c(-c4cccc(C#N)c4)c[nH]c3n2)c(OC)c1. The molecule has 182 valence electrons. The van der Waals surface area contributed by atoms with Gasteiger partial charge in [0.25, 0.3) is 5.91 Å². The van der Waals surface area contributed by atoms with Crippen molar-refractivity contribution in [1.82, 2.24) is 20.3 Å². The average Bonchev–Trinajstić information content (AvgIpc) is 3.58. The number of anilines is 2. The second kappa shape index (κ2) is 9.96. The van der Waals surface area contributed by atoms with Crippen molar-refractivity contribution in [3.8, 4) is 28.8 Å². The van der Waals surface area contributed by atoms with Crippen molar-refractivity contribution in [3.05, 3.63) is 59.8 Å². The molecule has 0 bridgehead atoms. The van der Waals surface area contributed by atoms with Crippen molar-refractivity contribution in [1.29, 1.82) is 5.26 Å². The molecule has 1 saturated carbocycles.